The number of aromatic nitrogens is 3. The molecule has 0 aliphatic carbocycles. The molecule has 1 aliphatic heterocycles. The summed E-state index contributed by atoms with van der Waals surface area (Å²) in [7, 11) is 0. The molecule has 5 heteroatoms. The molecule has 1 N–H and O–H groups in total. The number of rotatable bonds is 4. The number of likely N-dealkylation sites (tertiary alicyclic amines) is 1. The monoisotopic (exact) mass is 302 g/mol. The van der Waals surface area contributed by atoms with Gasteiger partial charge in [-0.2, -0.15) is 4.98 Å². The number of nitrogens with zero attached hydrogens (tertiary/aromatic N) is 3. The molecular formula is C16H22N4S. The van der Waals surface area contributed by atoms with E-state index < -0.39 is 0 Å². The summed E-state index contributed by atoms with van der Waals surface area (Å²) in [5.74, 6) is 0.852. The Kier molecular flexibility index (Phi) is 4.51. The van der Waals surface area contributed by atoms with E-state index in [4.69, 9.17) is 12.2 Å². The van der Waals surface area contributed by atoms with Crippen LogP contribution in [0.4, 0.5) is 0 Å². The van der Waals surface area contributed by atoms with Gasteiger partial charge in [0.05, 0.1) is 6.67 Å². The lowest BCUT2D eigenvalue weighted by Crippen LogP contribution is -2.40. The van der Waals surface area contributed by atoms with Gasteiger partial charge < -0.3 is 0 Å². The van der Waals surface area contributed by atoms with Crippen molar-refractivity contribution in [2.75, 3.05) is 6.54 Å². The van der Waals surface area contributed by atoms with Gasteiger partial charge in [-0.25, -0.2) is 4.68 Å². The average molecular weight is 302 g/mol. The third-order valence-electron chi connectivity index (χ3n) is 4.27. The molecule has 0 spiro atoms. The maximum absolute atomic E-state index is 5.41. The molecule has 0 radical (unpaired) electrons. The van der Waals surface area contributed by atoms with Crippen LogP contribution in [0.25, 0.3) is 11.4 Å². The Labute approximate surface area is 130 Å². The first-order chi connectivity index (χ1) is 10.3. The van der Waals surface area contributed by atoms with Crippen LogP contribution in [0.5, 0.6) is 0 Å². The maximum Gasteiger partial charge on any atom is 0.217 e. The zero-order valence-corrected chi connectivity index (χ0v) is 13.3. The van der Waals surface area contributed by atoms with E-state index in [9.17, 15) is 0 Å². The fourth-order valence-corrected chi connectivity index (χ4v) is 3.26. The van der Waals surface area contributed by atoms with Gasteiger partial charge in [-0.15, -0.1) is 0 Å². The summed E-state index contributed by atoms with van der Waals surface area (Å²) < 4.78 is 2.63. The third-order valence-corrected chi connectivity index (χ3v) is 4.58. The van der Waals surface area contributed by atoms with Crippen LogP contribution in [0.15, 0.2) is 30.3 Å². The Morgan fingerprint density at radius 2 is 2.10 bits per heavy atom. The number of benzene rings is 1. The number of hydrogen-bond acceptors (Lipinski definition) is 3. The molecular weight excluding hydrogens is 280 g/mol. The second-order valence-corrected chi connectivity index (χ2v) is 6.03. The van der Waals surface area contributed by atoms with Gasteiger partial charge in [-0.1, -0.05) is 43.7 Å². The molecule has 1 saturated heterocycles. The van der Waals surface area contributed by atoms with E-state index in [1.807, 2.05) is 35.0 Å². The molecule has 1 aromatic carbocycles. The van der Waals surface area contributed by atoms with Gasteiger partial charge in [0, 0.05) is 18.2 Å². The molecule has 4 nitrogen and oxygen atoms in total. The van der Waals surface area contributed by atoms with Gasteiger partial charge in [-0.3, -0.25) is 10.00 Å². The Hall–Kier alpha value is -1.46. The van der Waals surface area contributed by atoms with Crippen LogP contribution < -0.4 is 0 Å². The highest BCUT2D eigenvalue weighted by atomic mass is 32.1. The van der Waals surface area contributed by atoms with E-state index in [1.165, 1.54) is 25.7 Å². The summed E-state index contributed by atoms with van der Waals surface area (Å²) in [6.45, 7) is 4.24. The molecule has 2 aromatic rings. The molecule has 1 aliphatic rings. The molecule has 2 heterocycles. The molecule has 1 fully saturated rings. The SMILES string of the molecule is CC[C@H]1CCCCN1Cn1[nH]c(-c2ccccc2)nc1=S. The molecule has 21 heavy (non-hydrogen) atoms. The van der Waals surface area contributed by atoms with E-state index in [2.05, 4.69) is 21.9 Å². The third kappa shape index (κ3) is 3.24. The van der Waals surface area contributed by atoms with Crippen molar-refractivity contribution in [2.24, 2.45) is 0 Å². The van der Waals surface area contributed by atoms with Gasteiger partial charge in [0.2, 0.25) is 4.77 Å². The topological polar surface area (TPSA) is 36.9 Å². The lowest BCUT2D eigenvalue weighted by atomic mass is 10.0. The van der Waals surface area contributed by atoms with Gasteiger partial charge in [-0.05, 0) is 31.5 Å². The Morgan fingerprint density at radius 1 is 1.29 bits per heavy atom. The predicted molar refractivity (Wildman–Crippen MR) is 87.5 cm³/mol. The van der Waals surface area contributed by atoms with Crippen LogP contribution >= 0.6 is 12.2 Å². The quantitative estimate of drug-likeness (QED) is 0.872. The lowest BCUT2D eigenvalue weighted by molar-refractivity contribution is 0.101. The summed E-state index contributed by atoms with van der Waals surface area (Å²) in [5.41, 5.74) is 1.08. The van der Waals surface area contributed by atoms with Crippen LogP contribution in [-0.4, -0.2) is 32.3 Å². The highest BCUT2D eigenvalue weighted by molar-refractivity contribution is 7.71. The van der Waals surface area contributed by atoms with Crippen molar-refractivity contribution in [1.82, 2.24) is 19.7 Å². The van der Waals surface area contributed by atoms with E-state index in [0.717, 1.165) is 24.6 Å². The first-order valence-corrected chi connectivity index (χ1v) is 8.15. The number of nitrogens with one attached hydrogen (secondary N) is 1. The Balaban J connectivity index is 1.80. The number of aromatic amines is 1. The minimum absolute atomic E-state index is 0.634. The minimum Gasteiger partial charge on any atom is -0.281 e. The number of hydrogen-bond donors (Lipinski definition) is 1. The molecule has 0 saturated carbocycles. The summed E-state index contributed by atoms with van der Waals surface area (Å²) in [6, 6.07) is 10.8. The molecule has 112 valence electrons. The summed E-state index contributed by atoms with van der Waals surface area (Å²) in [6.07, 6.45) is 5.12. The summed E-state index contributed by atoms with van der Waals surface area (Å²) >= 11 is 5.41. The second-order valence-electron chi connectivity index (χ2n) is 5.66. The summed E-state index contributed by atoms with van der Waals surface area (Å²) in [4.78, 5) is 7.01. The van der Waals surface area contributed by atoms with Crippen molar-refractivity contribution in [1.29, 1.82) is 0 Å². The second kappa shape index (κ2) is 6.54. The van der Waals surface area contributed by atoms with Gasteiger partial charge >= 0.3 is 0 Å². The van der Waals surface area contributed by atoms with E-state index in [1.54, 1.807) is 0 Å². The number of H-pyrrole nitrogens is 1. The summed E-state index contributed by atoms with van der Waals surface area (Å²) in [5, 5.41) is 3.35. The van der Waals surface area contributed by atoms with Crippen molar-refractivity contribution < 1.29 is 0 Å². The van der Waals surface area contributed by atoms with E-state index >= 15 is 0 Å². The van der Waals surface area contributed by atoms with Crippen LogP contribution in [-0.2, 0) is 6.67 Å². The molecule has 1 aromatic heterocycles. The van der Waals surface area contributed by atoms with Crippen LogP contribution in [0.1, 0.15) is 32.6 Å². The predicted octanol–water partition coefficient (Wildman–Crippen LogP) is 3.83. The van der Waals surface area contributed by atoms with Crippen molar-refractivity contribution in [2.45, 2.75) is 45.3 Å². The first-order valence-electron chi connectivity index (χ1n) is 7.74. The zero-order valence-electron chi connectivity index (χ0n) is 12.5. The van der Waals surface area contributed by atoms with Gasteiger partial charge in [0.15, 0.2) is 5.82 Å². The van der Waals surface area contributed by atoms with Crippen LogP contribution in [0.2, 0.25) is 0 Å². The van der Waals surface area contributed by atoms with E-state index in [-0.39, 0.29) is 0 Å². The highest BCUT2D eigenvalue weighted by Gasteiger charge is 2.21. The van der Waals surface area contributed by atoms with Crippen molar-refractivity contribution in [3.63, 3.8) is 0 Å². The normalized spacial score (nSPS) is 19.8. The molecule has 1 atom stereocenters. The Bertz CT molecular complexity index is 631. The zero-order chi connectivity index (χ0) is 14.7. The van der Waals surface area contributed by atoms with Crippen LogP contribution in [0.3, 0.4) is 0 Å². The smallest absolute Gasteiger partial charge is 0.217 e. The van der Waals surface area contributed by atoms with Crippen molar-refractivity contribution in [3.05, 3.63) is 35.1 Å². The highest BCUT2D eigenvalue weighted by Crippen LogP contribution is 2.20. The molecule has 3 rings (SSSR count). The van der Waals surface area contributed by atoms with Gasteiger partial charge in [0.25, 0.3) is 0 Å². The van der Waals surface area contributed by atoms with Crippen LogP contribution in [0, 0.1) is 4.77 Å². The first kappa shape index (κ1) is 14.5. The molecule has 0 amide bonds. The maximum atomic E-state index is 5.41. The van der Waals surface area contributed by atoms with E-state index in [0.29, 0.717) is 10.8 Å². The van der Waals surface area contributed by atoms with Crippen molar-refractivity contribution >= 4 is 12.2 Å². The van der Waals surface area contributed by atoms with Crippen molar-refractivity contribution in [3.8, 4) is 11.4 Å². The molecule has 0 unspecified atom stereocenters. The largest absolute Gasteiger partial charge is 0.281 e. The lowest BCUT2D eigenvalue weighted by Gasteiger charge is -2.34. The van der Waals surface area contributed by atoms with Gasteiger partial charge in [0.1, 0.15) is 0 Å². The standard InChI is InChI=1S/C16H22N4S/c1-2-14-10-6-7-11-19(14)12-20-16(21)17-15(18-20)13-8-4-3-5-9-13/h3-5,8-9,14H,2,6-7,10-12H2,1H3,(H,17,18,21)/t14-/m0/s1. The number of piperidine rings is 1. The Morgan fingerprint density at radius 3 is 2.86 bits per heavy atom. The fraction of sp³-hybridized carbons (Fsp3) is 0.500. The molecule has 0 bridgehead atoms. The minimum atomic E-state index is 0.634. The average Bonchev–Trinajstić information content (AvgIpc) is 2.90. The fourth-order valence-electron chi connectivity index (χ4n) is 3.07.